The maximum absolute atomic E-state index is 13.4. The molecule has 4 rings (SSSR count). The minimum absolute atomic E-state index is 0.218. The SMILES string of the molecule is N#Cc1cc2c(Br)c(NC3CCC(N4CC(F)C(F)C4)CC3)ncc2o1. The van der Waals surface area contributed by atoms with Gasteiger partial charge in [-0.25, -0.2) is 13.8 Å². The number of furan rings is 1. The van der Waals surface area contributed by atoms with E-state index < -0.39 is 12.3 Å². The molecule has 1 N–H and O–H groups in total. The molecule has 0 amide bonds. The number of rotatable bonds is 3. The van der Waals surface area contributed by atoms with Crippen molar-refractivity contribution in [2.24, 2.45) is 0 Å². The Morgan fingerprint density at radius 2 is 1.92 bits per heavy atom. The van der Waals surface area contributed by atoms with Crippen LogP contribution in [-0.4, -0.2) is 47.4 Å². The number of alkyl halides is 2. The van der Waals surface area contributed by atoms with Crippen LogP contribution in [0, 0.1) is 11.3 Å². The van der Waals surface area contributed by atoms with Crippen LogP contribution in [0.2, 0.25) is 0 Å². The zero-order valence-corrected chi connectivity index (χ0v) is 15.7. The van der Waals surface area contributed by atoms with Crippen LogP contribution in [0.5, 0.6) is 0 Å². The summed E-state index contributed by atoms with van der Waals surface area (Å²) in [6.45, 7) is 0.435. The van der Waals surface area contributed by atoms with Gasteiger partial charge in [0.1, 0.15) is 24.2 Å². The summed E-state index contributed by atoms with van der Waals surface area (Å²) in [5, 5.41) is 13.2. The molecule has 5 nitrogen and oxygen atoms in total. The summed E-state index contributed by atoms with van der Waals surface area (Å²) >= 11 is 3.54. The highest BCUT2D eigenvalue weighted by Crippen LogP contribution is 2.34. The Hall–Kier alpha value is -1.72. The Bertz CT molecular complexity index is 834. The van der Waals surface area contributed by atoms with Crippen LogP contribution in [0.1, 0.15) is 31.4 Å². The summed E-state index contributed by atoms with van der Waals surface area (Å²) in [4.78, 5) is 6.35. The van der Waals surface area contributed by atoms with Gasteiger partial charge in [0.05, 0.1) is 10.7 Å². The summed E-state index contributed by atoms with van der Waals surface area (Å²) in [5.41, 5.74) is 0.568. The minimum Gasteiger partial charge on any atom is -0.444 e. The average molecular weight is 425 g/mol. The second kappa shape index (κ2) is 7.12. The normalized spacial score (nSPS) is 29.8. The number of likely N-dealkylation sites (tertiary alicyclic amines) is 1. The fourth-order valence-corrected chi connectivity index (χ4v) is 4.49. The van der Waals surface area contributed by atoms with Gasteiger partial charge in [0.2, 0.25) is 5.76 Å². The predicted octanol–water partition coefficient (Wildman–Crippen LogP) is 4.18. The van der Waals surface area contributed by atoms with E-state index in [1.165, 1.54) is 0 Å². The first-order valence-corrected chi connectivity index (χ1v) is 9.61. The van der Waals surface area contributed by atoms with E-state index in [1.54, 1.807) is 12.3 Å². The number of fused-ring (bicyclic) bond motifs is 1. The van der Waals surface area contributed by atoms with Gasteiger partial charge in [-0.3, -0.25) is 4.90 Å². The van der Waals surface area contributed by atoms with Crippen molar-refractivity contribution in [1.29, 1.82) is 5.26 Å². The molecule has 2 atom stereocenters. The van der Waals surface area contributed by atoms with Crippen molar-refractivity contribution in [3.05, 3.63) is 22.5 Å². The zero-order chi connectivity index (χ0) is 18.3. The first-order chi connectivity index (χ1) is 12.5. The molecule has 1 saturated carbocycles. The molecule has 2 aromatic rings. The van der Waals surface area contributed by atoms with E-state index in [0.717, 1.165) is 41.4 Å². The number of hydrogen-bond donors (Lipinski definition) is 1. The maximum Gasteiger partial charge on any atom is 0.204 e. The van der Waals surface area contributed by atoms with E-state index in [0.29, 0.717) is 5.58 Å². The van der Waals surface area contributed by atoms with Crippen molar-refractivity contribution in [3.8, 4) is 6.07 Å². The van der Waals surface area contributed by atoms with Crippen LogP contribution in [0.25, 0.3) is 11.0 Å². The van der Waals surface area contributed by atoms with E-state index in [4.69, 9.17) is 9.68 Å². The van der Waals surface area contributed by atoms with Crippen LogP contribution in [-0.2, 0) is 0 Å². The van der Waals surface area contributed by atoms with Crippen molar-refractivity contribution in [3.63, 3.8) is 0 Å². The molecule has 2 fully saturated rings. The van der Waals surface area contributed by atoms with Crippen LogP contribution in [0.4, 0.5) is 14.6 Å². The fraction of sp³-hybridized carbons (Fsp3) is 0.556. The number of pyridine rings is 1. The Morgan fingerprint density at radius 1 is 1.23 bits per heavy atom. The van der Waals surface area contributed by atoms with Crippen molar-refractivity contribution in [2.75, 3.05) is 18.4 Å². The first-order valence-electron chi connectivity index (χ1n) is 8.82. The maximum atomic E-state index is 13.4. The summed E-state index contributed by atoms with van der Waals surface area (Å²) in [6.07, 6.45) is 2.62. The molecule has 0 radical (unpaired) electrons. The van der Waals surface area contributed by atoms with Crippen LogP contribution in [0.3, 0.4) is 0 Å². The van der Waals surface area contributed by atoms with E-state index in [9.17, 15) is 8.78 Å². The van der Waals surface area contributed by atoms with E-state index in [1.807, 2.05) is 11.0 Å². The molecule has 1 aliphatic heterocycles. The lowest BCUT2D eigenvalue weighted by atomic mass is 9.90. The molecule has 2 unspecified atom stereocenters. The number of halogens is 3. The number of aromatic nitrogens is 1. The van der Waals surface area contributed by atoms with Crippen molar-refractivity contribution < 1.29 is 13.2 Å². The molecule has 8 heteroatoms. The molecule has 3 heterocycles. The summed E-state index contributed by atoms with van der Waals surface area (Å²) in [7, 11) is 0. The van der Waals surface area contributed by atoms with Crippen molar-refractivity contribution in [2.45, 2.75) is 50.1 Å². The molecule has 2 aromatic heterocycles. The van der Waals surface area contributed by atoms with Crippen molar-refractivity contribution >= 4 is 32.7 Å². The van der Waals surface area contributed by atoms with E-state index >= 15 is 0 Å². The number of nitrogens with zero attached hydrogens (tertiary/aromatic N) is 3. The third-order valence-electron chi connectivity index (χ3n) is 5.39. The summed E-state index contributed by atoms with van der Waals surface area (Å²) in [6, 6.07) is 4.21. The Morgan fingerprint density at radius 3 is 2.58 bits per heavy atom. The van der Waals surface area contributed by atoms with E-state index in [2.05, 4.69) is 26.2 Å². The molecule has 0 spiro atoms. The van der Waals surface area contributed by atoms with Gasteiger partial charge in [0.25, 0.3) is 0 Å². The van der Waals surface area contributed by atoms with Gasteiger partial charge in [-0.15, -0.1) is 0 Å². The van der Waals surface area contributed by atoms with Gasteiger partial charge >= 0.3 is 0 Å². The minimum atomic E-state index is -1.34. The Balaban J connectivity index is 1.39. The van der Waals surface area contributed by atoms with Crippen LogP contribution >= 0.6 is 15.9 Å². The third-order valence-corrected chi connectivity index (χ3v) is 6.19. The van der Waals surface area contributed by atoms with Gasteiger partial charge in [-0.2, -0.15) is 5.26 Å². The zero-order valence-electron chi connectivity index (χ0n) is 14.1. The van der Waals surface area contributed by atoms with Crippen LogP contribution < -0.4 is 5.32 Å². The number of nitriles is 1. The molecular formula is C18H19BrF2N4O. The lowest BCUT2D eigenvalue weighted by Crippen LogP contribution is -2.39. The smallest absolute Gasteiger partial charge is 0.204 e. The van der Waals surface area contributed by atoms with E-state index in [-0.39, 0.29) is 30.9 Å². The standard InChI is InChI=1S/C18H19BrF2N4O/c19-17-13-5-12(6-22)26-16(13)7-23-18(17)24-10-1-3-11(4-2-10)25-8-14(20)15(21)9-25/h5,7,10-11,14-15H,1-4,8-9H2,(H,23,24). The number of anilines is 1. The molecule has 26 heavy (non-hydrogen) atoms. The molecule has 1 saturated heterocycles. The van der Waals surface area contributed by atoms with Gasteiger partial charge in [0.15, 0.2) is 5.58 Å². The summed E-state index contributed by atoms with van der Waals surface area (Å²) < 4.78 is 33.0. The second-order valence-electron chi connectivity index (χ2n) is 7.06. The highest BCUT2D eigenvalue weighted by atomic mass is 79.9. The van der Waals surface area contributed by atoms with Crippen LogP contribution in [0.15, 0.2) is 21.2 Å². The van der Waals surface area contributed by atoms with Crippen molar-refractivity contribution in [1.82, 2.24) is 9.88 Å². The molecular weight excluding hydrogens is 406 g/mol. The summed E-state index contributed by atoms with van der Waals surface area (Å²) in [5.74, 6) is 0.975. The van der Waals surface area contributed by atoms with Gasteiger partial charge in [0, 0.05) is 36.6 Å². The largest absolute Gasteiger partial charge is 0.444 e. The molecule has 138 valence electrons. The molecule has 1 aliphatic carbocycles. The third kappa shape index (κ3) is 3.30. The monoisotopic (exact) mass is 424 g/mol. The predicted molar refractivity (Wildman–Crippen MR) is 97.5 cm³/mol. The number of nitrogens with one attached hydrogen (secondary N) is 1. The quantitative estimate of drug-likeness (QED) is 0.800. The Labute approximate surface area is 158 Å². The Kier molecular flexibility index (Phi) is 4.84. The lowest BCUT2D eigenvalue weighted by molar-refractivity contribution is 0.171. The second-order valence-corrected chi connectivity index (χ2v) is 7.85. The van der Waals surface area contributed by atoms with Gasteiger partial charge in [-0.1, -0.05) is 0 Å². The lowest BCUT2D eigenvalue weighted by Gasteiger charge is -2.34. The first kappa shape index (κ1) is 17.7. The highest BCUT2D eigenvalue weighted by molar-refractivity contribution is 9.10. The molecule has 2 aliphatic rings. The average Bonchev–Trinajstić information content (AvgIpc) is 3.22. The topological polar surface area (TPSA) is 65.1 Å². The van der Waals surface area contributed by atoms with Gasteiger partial charge < -0.3 is 9.73 Å². The molecule has 0 bridgehead atoms. The highest BCUT2D eigenvalue weighted by Gasteiger charge is 2.37. The number of hydrogen-bond acceptors (Lipinski definition) is 5. The fourth-order valence-electron chi connectivity index (χ4n) is 3.96. The van der Waals surface area contributed by atoms with Gasteiger partial charge in [-0.05, 0) is 41.6 Å². The molecule has 0 aromatic carbocycles.